The fourth-order valence-corrected chi connectivity index (χ4v) is 6.79. The van der Waals surface area contributed by atoms with Crippen molar-refractivity contribution >= 4 is 11.6 Å². The van der Waals surface area contributed by atoms with E-state index < -0.39 is 52.0 Å². The van der Waals surface area contributed by atoms with Crippen LogP contribution in [0.15, 0.2) is 23.8 Å². The molecule has 0 saturated heterocycles. The zero-order valence-corrected chi connectivity index (χ0v) is 15.8. The van der Waals surface area contributed by atoms with Crippen LogP contribution in [0, 0.1) is 22.7 Å². The first kappa shape index (κ1) is 18.9. The summed E-state index contributed by atoms with van der Waals surface area (Å²) < 4.78 is 31.8. The molecule has 6 heteroatoms. The van der Waals surface area contributed by atoms with E-state index in [-0.39, 0.29) is 30.6 Å². The molecule has 0 aromatic heterocycles. The Bertz CT molecular complexity index is 791. The van der Waals surface area contributed by atoms with Crippen LogP contribution in [-0.2, 0) is 9.59 Å². The third kappa shape index (κ3) is 1.98. The van der Waals surface area contributed by atoms with Gasteiger partial charge in [-0.3, -0.25) is 9.59 Å². The molecule has 148 valence electrons. The Labute approximate surface area is 157 Å². The average Bonchev–Trinajstić information content (AvgIpc) is 2.85. The van der Waals surface area contributed by atoms with Crippen molar-refractivity contribution in [1.82, 2.24) is 0 Å². The number of aliphatic hydroxyl groups excluding tert-OH is 1. The van der Waals surface area contributed by atoms with Gasteiger partial charge < -0.3 is 10.2 Å². The molecular weight excluding hydrogens is 354 g/mol. The summed E-state index contributed by atoms with van der Waals surface area (Å²) in [5.74, 6) is -2.06. The van der Waals surface area contributed by atoms with Crippen LogP contribution >= 0.6 is 0 Å². The van der Waals surface area contributed by atoms with Gasteiger partial charge in [0.15, 0.2) is 17.2 Å². The number of alkyl halides is 2. The van der Waals surface area contributed by atoms with Crippen molar-refractivity contribution < 1.29 is 28.6 Å². The molecule has 8 atom stereocenters. The molecule has 0 radical (unpaired) electrons. The maximum Gasteiger partial charge on any atom is 0.178 e. The monoisotopic (exact) mass is 380 g/mol. The summed E-state index contributed by atoms with van der Waals surface area (Å²) in [6, 6.07) is 0. The van der Waals surface area contributed by atoms with Crippen LogP contribution < -0.4 is 0 Å². The molecule has 0 aromatic carbocycles. The van der Waals surface area contributed by atoms with Gasteiger partial charge in [0.05, 0.1) is 6.10 Å². The van der Waals surface area contributed by atoms with E-state index in [0.29, 0.717) is 6.42 Å². The molecule has 3 fully saturated rings. The van der Waals surface area contributed by atoms with Gasteiger partial charge in [0.25, 0.3) is 0 Å². The van der Waals surface area contributed by atoms with Crippen molar-refractivity contribution in [3.05, 3.63) is 23.8 Å². The van der Waals surface area contributed by atoms with Gasteiger partial charge in [0.1, 0.15) is 11.8 Å². The number of carbonyl (C=O) groups excluding carboxylic acids is 2. The quantitative estimate of drug-likeness (QED) is 0.733. The second kappa shape index (κ2) is 5.35. The lowest BCUT2D eigenvalue weighted by atomic mass is 9.44. The largest absolute Gasteiger partial charge is 0.390 e. The highest BCUT2D eigenvalue weighted by atomic mass is 19.1. The van der Waals surface area contributed by atoms with Gasteiger partial charge >= 0.3 is 0 Å². The van der Waals surface area contributed by atoms with E-state index in [0.717, 1.165) is 6.08 Å². The van der Waals surface area contributed by atoms with Crippen molar-refractivity contribution in [2.45, 2.75) is 70.0 Å². The van der Waals surface area contributed by atoms with Gasteiger partial charge in [-0.05, 0) is 63.2 Å². The summed E-state index contributed by atoms with van der Waals surface area (Å²) >= 11 is 0. The summed E-state index contributed by atoms with van der Waals surface area (Å²) in [6.07, 6.45) is 1.15. The minimum absolute atomic E-state index is 0.0798. The average molecular weight is 380 g/mol. The molecule has 0 heterocycles. The van der Waals surface area contributed by atoms with E-state index in [4.69, 9.17) is 0 Å². The van der Waals surface area contributed by atoms with Crippen LogP contribution in [0.25, 0.3) is 0 Å². The Balaban J connectivity index is 1.86. The van der Waals surface area contributed by atoms with E-state index in [1.807, 2.05) is 0 Å². The number of ketones is 2. The fourth-order valence-electron chi connectivity index (χ4n) is 6.79. The van der Waals surface area contributed by atoms with Crippen molar-refractivity contribution in [3.63, 3.8) is 0 Å². The Hall–Kier alpha value is -1.40. The molecular formula is C21H26F2O4. The first-order valence-corrected chi connectivity index (χ1v) is 9.61. The summed E-state index contributed by atoms with van der Waals surface area (Å²) in [4.78, 5) is 24.0. The van der Waals surface area contributed by atoms with E-state index >= 15 is 8.78 Å². The standard InChI is InChI=1S/C21H26F2O4/c1-11(24)20(27)7-5-13-14-9-16(22)15-8-12(25)4-6-18(15,2)21(14,23)17(26)10-19(13,20)3/h4,6,8,13-14,16-17,26-27H,5,7,9-10H2,1-3H3/t13-,14-,16-,17-,18-,19-,20-,21-/m0/s1. The van der Waals surface area contributed by atoms with Crippen molar-refractivity contribution in [1.29, 1.82) is 0 Å². The molecule has 2 N–H and O–H groups in total. The van der Waals surface area contributed by atoms with Crippen LogP contribution in [0.3, 0.4) is 0 Å². The molecule has 0 spiro atoms. The number of rotatable bonds is 1. The van der Waals surface area contributed by atoms with Crippen LogP contribution in [0.4, 0.5) is 8.78 Å². The number of carbonyl (C=O) groups is 2. The van der Waals surface area contributed by atoms with Crippen LogP contribution in [0.5, 0.6) is 0 Å². The number of Topliss-reactive ketones (excluding diaryl/α,β-unsaturated/α-hetero) is 1. The molecule has 0 bridgehead atoms. The molecule has 4 rings (SSSR count). The number of allylic oxidation sites excluding steroid dienone is 4. The maximum absolute atomic E-state index is 16.7. The van der Waals surface area contributed by atoms with Gasteiger partial charge in [-0.2, -0.15) is 0 Å². The third-order valence-corrected chi connectivity index (χ3v) is 8.36. The number of hydrogen-bond donors (Lipinski definition) is 2. The van der Waals surface area contributed by atoms with Crippen LogP contribution in [0.2, 0.25) is 0 Å². The van der Waals surface area contributed by atoms with Gasteiger partial charge in [0.2, 0.25) is 0 Å². The Morgan fingerprint density at radius 2 is 1.96 bits per heavy atom. The highest BCUT2D eigenvalue weighted by Gasteiger charge is 2.74. The minimum Gasteiger partial charge on any atom is -0.390 e. The molecule has 4 aliphatic carbocycles. The topological polar surface area (TPSA) is 74.6 Å². The Kier molecular flexibility index (Phi) is 3.75. The number of aliphatic hydroxyl groups is 2. The normalized spacial score (nSPS) is 54.0. The van der Waals surface area contributed by atoms with Crippen molar-refractivity contribution in [3.8, 4) is 0 Å². The van der Waals surface area contributed by atoms with Crippen molar-refractivity contribution in [2.75, 3.05) is 0 Å². The van der Waals surface area contributed by atoms with E-state index in [2.05, 4.69) is 0 Å². The minimum atomic E-state index is -2.16. The predicted octanol–water partition coefficient (Wildman–Crippen LogP) is 2.63. The Morgan fingerprint density at radius 3 is 2.59 bits per heavy atom. The smallest absolute Gasteiger partial charge is 0.178 e. The molecule has 0 aliphatic heterocycles. The lowest BCUT2D eigenvalue weighted by Crippen LogP contribution is -2.70. The molecule has 4 aliphatic rings. The SMILES string of the molecule is CC(=O)[C@@]1(O)CC[C@H]2[C@@H]3C[C@H](F)C4=CC(=O)C=C[C@]4(C)[C@@]3(F)[C@@H](O)C[C@@]21C. The molecule has 0 amide bonds. The van der Waals surface area contributed by atoms with E-state index in [1.165, 1.54) is 19.1 Å². The van der Waals surface area contributed by atoms with Crippen LogP contribution in [0.1, 0.15) is 46.5 Å². The highest BCUT2D eigenvalue weighted by Crippen LogP contribution is 2.69. The zero-order chi connectivity index (χ0) is 20.0. The van der Waals surface area contributed by atoms with E-state index in [1.54, 1.807) is 13.8 Å². The number of halogens is 2. The molecule has 0 aromatic rings. The van der Waals surface area contributed by atoms with Gasteiger partial charge in [-0.15, -0.1) is 0 Å². The molecule has 3 saturated carbocycles. The molecule has 4 nitrogen and oxygen atoms in total. The highest BCUT2D eigenvalue weighted by molar-refractivity contribution is 6.01. The second-order valence-electron chi connectivity index (χ2n) is 9.31. The summed E-state index contributed by atoms with van der Waals surface area (Å²) in [7, 11) is 0. The zero-order valence-electron chi connectivity index (χ0n) is 15.8. The first-order chi connectivity index (χ1) is 12.4. The lowest BCUT2D eigenvalue weighted by molar-refractivity contribution is -0.220. The first-order valence-electron chi connectivity index (χ1n) is 9.61. The molecule has 0 unspecified atom stereocenters. The Morgan fingerprint density at radius 1 is 1.30 bits per heavy atom. The van der Waals surface area contributed by atoms with Crippen molar-refractivity contribution in [2.24, 2.45) is 22.7 Å². The van der Waals surface area contributed by atoms with Gasteiger partial charge in [0, 0.05) is 16.7 Å². The number of fused-ring (bicyclic) bond motifs is 5. The summed E-state index contributed by atoms with van der Waals surface area (Å²) in [6.45, 7) is 4.57. The number of hydrogen-bond acceptors (Lipinski definition) is 4. The third-order valence-electron chi connectivity index (χ3n) is 8.36. The second-order valence-corrected chi connectivity index (χ2v) is 9.31. The summed E-state index contributed by atoms with van der Waals surface area (Å²) in [5, 5.41) is 22.0. The lowest BCUT2D eigenvalue weighted by Gasteiger charge is -2.63. The maximum atomic E-state index is 16.7. The predicted molar refractivity (Wildman–Crippen MR) is 94.3 cm³/mol. The van der Waals surface area contributed by atoms with E-state index in [9.17, 15) is 19.8 Å². The van der Waals surface area contributed by atoms with Gasteiger partial charge in [-0.1, -0.05) is 13.0 Å². The van der Waals surface area contributed by atoms with Gasteiger partial charge in [-0.25, -0.2) is 8.78 Å². The fraction of sp³-hybridized carbons (Fsp3) is 0.714. The summed E-state index contributed by atoms with van der Waals surface area (Å²) in [5.41, 5.74) is -6.16. The van der Waals surface area contributed by atoms with Crippen LogP contribution in [-0.4, -0.2) is 45.3 Å². The molecule has 27 heavy (non-hydrogen) atoms.